The highest BCUT2D eigenvalue weighted by Crippen LogP contribution is 2.38. The molecule has 15 heteroatoms. The number of aromatic amines is 1. The first-order chi connectivity index (χ1) is 27.2. The van der Waals surface area contributed by atoms with Crippen LogP contribution in [0.5, 0.6) is 17.4 Å². The summed E-state index contributed by atoms with van der Waals surface area (Å²) >= 11 is 0. The Bertz CT molecular complexity index is 1780. The molecule has 0 radical (unpaired) electrons. The van der Waals surface area contributed by atoms with Crippen LogP contribution in [0.1, 0.15) is 133 Å². The number of carbonyl (C=O) groups excluding carboxylic acids is 4. The molecule has 2 N–H and O–H groups in total. The number of rotatable bonds is 12. The minimum Gasteiger partial charge on any atom is -0.508 e. The van der Waals surface area contributed by atoms with E-state index in [1.807, 2.05) is 13.8 Å². The number of aromatic hydroxyl groups is 1. The maximum atomic E-state index is 13.8. The number of phenolic OH excluding ortho intramolecular Hbond substituents is 1. The summed E-state index contributed by atoms with van der Waals surface area (Å²) in [7, 11) is 0. The van der Waals surface area contributed by atoms with E-state index in [-0.39, 0.29) is 30.1 Å². The van der Waals surface area contributed by atoms with E-state index in [1.165, 1.54) is 0 Å². The van der Waals surface area contributed by atoms with Crippen molar-refractivity contribution in [3.63, 3.8) is 0 Å². The van der Waals surface area contributed by atoms with Gasteiger partial charge in [-0.3, -0.25) is 24.3 Å². The Kier molecular flexibility index (Phi) is 14.8. The number of hydrogen-bond donors (Lipinski definition) is 2. The number of esters is 4. The lowest BCUT2D eigenvalue weighted by Crippen LogP contribution is -2.65. The first-order valence-corrected chi connectivity index (χ1v) is 20.4. The van der Waals surface area contributed by atoms with E-state index in [0.29, 0.717) is 37.4 Å². The molecule has 0 bridgehead atoms. The molecule has 1 aromatic carbocycles. The van der Waals surface area contributed by atoms with Crippen LogP contribution in [0.4, 0.5) is 0 Å². The number of aromatic nitrogens is 2. The zero-order valence-electron chi connectivity index (χ0n) is 37.3. The van der Waals surface area contributed by atoms with Crippen LogP contribution in [0.2, 0.25) is 0 Å². The van der Waals surface area contributed by atoms with Crippen LogP contribution in [0.3, 0.4) is 0 Å². The van der Waals surface area contributed by atoms with Gasteiger partial charge in [0, 0.05) is 36.6 Å². The summed E-state index contributed by atoms with van der Waals surface area (Å²) < 4.78 is 49.3. The zero-order valence-corrected chi connectivity index (χ0v) is 37.3. The van der Waals surface area contributed by atoms with Crippen molar-refractivity contribution >= 4 is 23.9 Å². The predicted molar refractivity (Wildman–Crippen MR) is 216 cm³/mol. The number of benzene rings is 1. The molecule has 3 heterocycles. The number of phenols is 1. The number of hydrogen-bond acceptors (Lipinski definition) is 14. The minimum absolute atomic E-state index is 0.0402. The molecule has 2 saturated heterocycles. The molecule has 2 aromatic rings. The van der Waals surface area contributed by atoms with Crippen LogP contribution < -0.4 is 9.47 Å². The van der Waals surface area contributed by atoms with Crippen molar-refractivity contribution in [1.82, 2.24) is 10.2 Å². The van der Waals surface area contributed by atoms with Gasteiger partial charge in [0.05, 0.1) is 34.9 Å². The summed E-state index contributed by atoms with van der Waals surface area (Å²) in [5.41, 5.74) is -1.92. The van der Waals surface area contributed by atoms with E-state index in [2.05, 4.69) is 10.2 Å². The SMILES string of the molecule is CC(C)c1[nH]nc(OC2O[C@H](COC(=O)C(C)(C)C)[C@@H](OC(=O)C(C)(C)C)[C@H](OC(=O)C(C)(C)C)[C@H]2OC(=O)C(C)(C)C)c1Cc1ccc(O)cc1OC1CCOCC1. The lowest BCUT2D eigenvalue weighted by atomic mass is 9.93. The van der Waals surface area contributed by atoms with E-state index in [1.54, 1.807) is 101 Å². The monoisotopic (exact) mass is 830 g/mol. The van der Waals surface area contributed by atoms with Crippen LogP contribution in [0.15, 0.2) is 18.2 Å². The molecular formula is C44H66N2O13. The van der Waals surface area contributed by atoms with E-state index in [4.69, 9.17) is 37.9 Å². The Morgan fingerprint density at radius 1 is 0.763 bits per heavy atom. The number of nitrogens with one attached hydrogen (secondary N) is 1. The van der Waals surface area contributed by atoms with Gasteiger partial charge in [-0.15, -0.1) is 5.10 Å². The summed E-state index contributed by atoms with van der Waals surface area (Å²) in [6.45, 7) is 24.7. The van der Waals surface area contributed by atoms with Crippen LogP contribution in [-0.2, 0) is 54.0 Å². The van der Waals surface area contributed by atoms with E-state index < -0.39 is 82.8 Å². The quantitative estimate of drug-likeness (QED) is 0.165. The molecule has 1 aromatic heterocycles. The van der Waals surface area contributed by atoms with Gasteiger partial charge in [0.15, 0.2) is 12.2 Å². The first kappa shape index (κ1) is 47.3. The van der Waals surface area contributed by atoms with Crippen LogP contribution in [0.25, 0.3) is 0 Å². The van der Waals surface area contributed by atoms with E-state index in [9.17, 15) is 24.3 Å². The third kappa shape index (κ3) is 12.6. The Hall–Kier alpha value is -4.37. The van der Waals surface area contributed by atoms with Crippen molar-refractivity contribution in [3.8, 4) is 17.4 Å². The lowest BCUT2D eigenvalue weighted by molar-refractivity contribution is -0.294. The van der Waals surface area contributed by atoms with Crippen LogP contribution >= 0.6 is 0 Å². The van der Waals surface area contributed by atoms with E-state index in [0.717, 1.165) is 11.3 Å². The Balaban J connectivity index is 1.87. The van der Waals surface area contributed by atoms with Crippen LogP contribution in [0, 0.1) is 21.7 Å². The average molecular weight is 831 g/mol. The Labute approximate surface area is 348 Å². The van der Waals surface area contributed by atoms with Gasteiger partial charge in [-0.05, 0) is 101 Å². The first-order valence-electron chi connectivity index (χ1n) is 20.4. The third-order valence-electron chi connectivity index (χ3n) is 9.69. The normalized spacial score (nSPS) is 22.1. The summed E-state index contributed by atoms with van der Waals surface area (Å²) in [5, 5.41) is 18.1. The fourth-order valence-electron chi connectivity index (χ4n) is 5.96. The summed E-state index contributed by atoms with van der Waals surface area (Å²) in [6, 6.07) is 4.92. The summed E-state index contributed by atoms with van der Waals surface area (Å²) in [5.74, 6) is -2.06. The predicted octanol–water partition coefficient (Wildman–Crippen LogP) is 6.95. The molecule has 5 atom stereocenters. The standard InChI is InChI=1S/C44H66N2O13/c1-24(2)31-28(21-25-15-16-26(47)22-29(25)54-27-17-19-52-20-18-27)35(46-45-31)59-36-34(58-40(51)44(12,13)14)33(57-39(50)43(9,10)11)32(56-38(49)42(6,7)8)30(55-36)23-53-37(48)41(3,4)5/h15-16,22,24,27,30,32-34,36,47H,17-21,23H2,1-14H3,(H,45,46)/t30-,32-,33+,34-,36?/m1/s1. The van der Waals surface area contributed by atoms with Crippen molar-refractivity contribution in [3.05, 3.63) is 35.0 Å². The van der Waals surface area contributed by atoms with Crippen LogP contribution in [-0.4, -0.2) is 95.8 Å². The molecule has 330 valence electrons. The maximum absolute atomic E-state index is 13.8. The lowest BCUT2D eigenvalue weighted by Gasteiger charge is -2.45. The fraction of sp³-hybridized carbons (Fsp3) is 0.705. The molecule has 1 unspecified atom stereocenters. The van der Waals surface area contributed by atoms with Crippen molar-refractivity contribution in [2.75, 3.05) is 19.8 Å². The molecule has 0 aliphatic carbocycles. The number of nitrogens with zero attached hydrogens (tertiary/aromatic N) is 1. The van der Waals surface area contributed by atoms with Gasteiger partial charge in [0.2, 0.25) is 18.3 Å². The van der Waals surface area contributed by atoms with Crippen molar-refractivity contribution in [1.29, 1.82) is 0 Å². The zero-order chi connectivity index (χ0) is 44.2. The second-order valence-electron chi connectivity index (χ2n) is 19.8. The van der Waals surface area contributed by atoms with Gasteiger partial charge < -0.3 is 43.0 Å². The summed E-state index contributed by atoms with van der Waals surface area (Å²) in [6.07, 6.45) is -5.75. The molecule has 15 nitrogen and oxygen atoms in total. The number of ether oxygens (including phenoxy) is 8. The molecule has 2 aliphatic rings. The van der Waals surface area contributed by atoms with Gasteiger partial charge in [-0.25, -0.2) is 0 Å². The highest BCUT2D eigenvalue weighted by molar-refractivity contribution is 5.78. The largest absolute Gasteiger partial charge is 0.508 e. The van der Waals surface area contributed by atoms with Crippen molar-refractivity contribution in [2.24, 2.45) is 21.7 Å². The second kappa shape index (κ2) is 18.5. The highest BCUT2D eigenvalue weighted by atomic mass is 16.7. The number of H-pyrrole nitrogens is 1. The highest BCUT2D eigenvalue weighted by Gasteiger charge is 2.56. The van der Waals surface area contributed by atoms with Gasteiger partial charge >= 0.3 is 23.9 Å². The third-order valence-corrected chi connectivity index (χ3v) is 9.69. The molecule has 0 spiro atoms. The smallest absolute Gasteiger partial charge is 0.311 e. The fourth-order valence-corrected chi connectivity index (χ4v) is 5.96. The molecule has 4 rings (SSSR count). The van der Waals surface area contributed by atoms with Gasteiger partial charge in [-0.2, -0.15) is 0 Å². The maximum Gasteiger partial charge on any atom is 0.311 e. The van der Waals surface area contributed by atoms with E-state index >= 15 is 0 Å². The molecule has 59 heavy (non-hydrogen) atoms. The van der Waals surface area contributed by atoms with Gasteiger partial charge in [0.25, 0.3) is 0 Å². The molecular weight excluding hydrogens is 764 g/mol. The topological polar surface area (TPSA) is 191 Å². The minimum atomic E-state index is -1.54. The Morgan fingerprint density at radius 2 is 1.29 bits per heavy atom. The average Bonchev–Trinajstić information content (AvgIpc) is 3.51. The second-order valence-corrected chi connectivity index (χ2v) is 19.8. The number of carbonyl (C=O) groups is 4. The Morgan fingerprint density at radius 3 is 1.81 bits per heavy atom. The van der Waals surface area contributed by atoms with Gasteiger partial charge in [0.1, 0.15) is 30.3 Å². The molecule has 0 amide bonds. The molecule has 0 saturated carbocycles. The molecule has 2 aliphatic heterocycles. The summed E-state index contributed by atoms with van der Waals surface area (Å²) in [4.78, 5) is 54.3. The van der Waals surface area contributed by atoms with Gasteiger partial charge in [-0.1, -0.05) is 19.9 Å². The van der Waals surface area contributed by atoms with Crippen molar-refractivity contribution < 1.29 is 62.2 Å². The molecule has 2 fully saturated rings. The van der Waals surface area contributed by atoms with Crippen molar-refractivity contribution in [2.45, 2.75) is 159 Å².